The molecule has 0 aromatic heterocycles. The van der Waals surface area contributed by atoms with Gasteiger partial charge in [0, 0.05) is 18.5 Å². The van der Waals surface area contributed by atoms with Crippen molar-refractivity contribution in [1.29, 1.82) is 0 Å². The first kappa shape index (κ1) is 17.7. The van der Waals surface area contributed by atoms with E-state index in [4.69, 9.17) is 21.1 Å². The van der Waals surface area contributed by atoms with E-state index < -0.39 is 28.6 Å². The number of hydrogen-bond donors (Lipinski definition) is 1. The molecule has 8 heteroatoms. The van der Waals surface area contributed by atoms with E-state index in [2.05, 4.69) is 5.32 Å². The highest BCUT2D eigenvalue weighted by molar-refractivity contribution is 6.36. The van der Waals surface area contributed by atoms with Crippen molar-refractivity contribution in [2.75, 3.05) is 13.7 Å². The van der Waals surface area contributed by atoms with Crippen molar-refractivity contribution in [3.05, 3.63) is 52.6 Å². The van der Waals surface area contributed by atoms with Crippen LogP contribution in [0.2, 0.25) is 5.02 Å². The van der Waals surface area contributed by atoms with Crippen molar-refractivity contribution < 1.29 is 27.4 Å². The van der Waals surface area contributed by atoms with Crippen molar-refractivity contribution >= 4 is 23.0 Å². The maximum absolute atomic E-state index is 13.1. The Morgan fingerprint density at radius 3 is 2.68 bits per heavy atom. The van der Waals surface area contributed by atoms with Crippen LogP contribution in [0.3, 0.4) is 0 Å². The summed E-state index contributed by atoms with van der Waals surface area (Å²) in [4.78, 5) is 12.8. The highest BCUT2D eigenvalue weighted by atomic mass is 35.5. The number of halogens is 4. The number of allylic oxidation sites excluding steroid dienone is 1. The number of Topliss-reactive ketones (excluding diaryl/α,β-unsaturated/α-hetero) is 1. The van der Waals surface area contributed by atoms with Crippen molar-refractivity contribution in [2.24, 2.45) is 5.92 Å². The Balaban J connectivity index is 2.01. The Hall–Kier alpha value is -2.15. The Labute approximate surface area is 147 Å². The van der Waals surface area contributed by atoms with Crippen LogP contribution < -0.4 is 5.32 Å². The first-order valence-corrected chi connectivity index (χ1v) is 7.98. The minimum absolute atomic E-state index is 0.000566. The number of ether oxygens (including phenoxy) is 2. The maximum atomic E-state index is 13.1. The molecule has 4 nitrogen and oxygen atoms in total. The molecule has 3 rings (SSSR count). The lowest BCUT2D eigenvalue weighted by molar-refractivity contribution is -0.137. The summed E-state index contributed by atoms with van der Waals surface area (Å²) >= 11 is 5.97. The molecule has 0 amide bonds. The molecule has 1 N–H and O–H groups in total. The van der Waals surface area contributed by atoms with Crippen LogP contribution in [0, 0.1) is 5.92 Å². The summed E-state index contributed by atoms with van der Waals surface area (Å²) < 4.78 is 50.2. The van der Waals surface area contributed by atoms with E-state index in [-0.39, 0.29) is 22.9 Å². The van der Waals surface area contributed by atoms with Gasteiger partial charge in [0.05, 0.1) is 29.0 Å². The molecule has 1 aromatic carbocycles. The van der Waals surface area contributed by atoms with Gasteiger partial charge < -0.3 is 14.8 Å². The van der Waals surface area contributed by atoms with Crippen molar-refractivity contribution in [1.82, 2.24) is 5.32 Å². The quantitative estimate of drug-likeness (QED) is 0.876. The van der Waals surface area contributed by atoms with Crippen molar-refractivity contribution in [3.63, 3.8) is 0 Å². The van der Waals surface area contributed by atoms with Crippen molar-refractivity contribution in [2.45, 2.75) is 18.7 Å². The second-order valence-corrected chi connectivity index (χ2v) is 6.10. The van der Waals surface area contributed by atoms with E-state index >= 15 is 0 Å². The van der Waals surface area contributed by atoms with Crippen molar-refractivity contribution in [3.8, 4) is 0 Å². The number of carbonyl (C=O) groups is 1. The van der Waals surface area contributed by atoms with Gasteiger partial charge in [-0.3, -0.25) is 4.79 Å². The zero-order valence-electron chi connectivity index (χ0n) is 13.2. The molecule has 2 atom stereocenters. The molecule has 0 aliphatic carbocycles. The van der Waals surface area contributed by atoms with E-state index in [0.29, 0.717) is 13.0 Å². The predicted octanol–water partition coefficient (Wildman–Crippen LogP) is 3.76. The standard InChI is InChI=1S/C17H15ClF3NO3/c1-22-16-12(10-5-2-6-11(13(10)18)17(19,20)21)14(23)15(25-16)9-4-3-7-24-8-9/h2-3,5-7,9,15,22H,4,8H2,1H3. The van der Waals surface area contributed by atoms with Gasteiger partial charge >= 0.3 is 6.18 Å². The van der Waals surface area contributed by atoms with Crippen LogP contribution in [0.25, 0.3) is 5.57 Å². The van der Waals surface area contributed by atoms with E-state index in [9.17, 15) is 18.0 Å². The number of hydrogen-bond acceptors (Lipinski definition) is 4. The molecule has 134 valence electrons. The summed E-state index contributed by atoms with van der Waals surface area (Å²) in [5.41, 5.74) is -0.964. The number of rotatable bonds is 3. The lowest BCUT2D eigenvalue weighted by Crippen LogP contribution is -2.32. The number of alkyl halides is 3. The molecular weight excluding hydrogens is 359 g/mol. The van der Waals surface area contributed by atoms with Crippen LogP contribution in [0.4, 0.5) is 13.2 Å². The van der Waals surface area contributed by atoms with Gasteiger partial charge in [0.1, 0.15) is 0 Å². The Kier molecular flexibility index (Phi) is 4.69. The molecular formula is C17H15ClF3NO3. The molecule has 1 aromatic rings. The van der Waals surface area contributed by atoms with Gasteiger partial charge in [-0.15, -0.1) is 0 Å². The summed E-state index contributed by atoms with van der Waals surface area (Å²) in [5.74, 6) is -0.511. The minimum atomic E-state index is -4.61. The molecule has 0 saturated carbocycles. The summed E-state index contributed by atoms with van der Waals surface area (Å²) in [7, 11) is 1.53. The SMILES string of the molecule is CNC1=C(c2cccc(C(F)(F)F)c2Cl)C(=O)C(C2CC=COC2)O1. The Bertz CT molecular complexity index is 758. The Morgan fingerprint density at radius 1 is 1.32 bits per heavy atom. The van der Waals surface area contributed by atoms with Gasteiger partial charge in [-0.2, -0.15) is 13.2 Å². The average molecular weight is 374 g/mol. The molecule has 2 aliphatic rings. The topological polar surface area (TPSA) is 47.6 Å². The van der Waals surface area contributed by atoms with Crippen LogP contribution in [-0.4, -0.2) is 25.5 Å². The van der Waals surface area contributed by atoms with Crippen LogP contribution in [0.15, 0.2) is 36.4 Å². The third kappa shape index (κ3) is 3.20. The fourth-order valence-electron chi connectivity index (χ4n) is 2.94. The first-order valence-electron chi connectivity index (χ1n) is 7.60. The molecule has 2 unspecified atom stereocenters. The molecule has 0 fully saturated rings. The summed E-state index contributed by atoms with van der Waals surface area (Å²) in [6.45, 7) is 0.299. The van der Waals surface area contributed by atoms with Gasteiger partial charge in [-0.25, -0.2) is 0 Å². The normalized spacial score (nSPS) is 23.5. The fraction of sp³-hybridized carbons (Fsp3) is 0.353. The molecule has 0 bridgehead atoms. The predicted molar refractivity (Wildman–Crippen MR) is 85.5 cm³/mol. The fourth-order valence-corrected chi connectivity index (χ4v) is 3.27. The van der Waals surface area contributed by atoms with Crippen LogP contribution in [0.5, 0.6) is 0 Å². The molecule has 0 spiro atoms. The summed E-state index contributed by atoms with van der Waals surface area (Å²) in [6.07, 6.45) is -1.53. The first-order chi connectivity index (χ1) is 11.8. The van der Waals surface area contributed by atoms with E-state index in [1.807, 2.05) is 0 Å². The largest absolute Gasteiger partial charge is 0.501 e. The second kappa shape index (κ2) is 6.63. The van der Waals surface area contributed by atoms with Gasteiger partial charge in [0.15, 0.2) is 12.0 Å². The van der Waals surface area contributed by atoms with E-state index in [1.165, 1.54) is 19.2 Å². The third-order valence-electron chi connectivity index (χ3n) is 4.15. The van der Waals surface area contributed by atoms with Crippen LogP contribution >= 0.6 is 11.6 Å². The van der Waals surface area contributed by atoms with E-state index in [0.717, 1.165) is 6.07 Å². The smallest absolute Gasteiger partial charge is 0.417 e. The maximum Gasteiger partial charge on any atom is 0.417 e. The van der Waals surface area contributed by atoms with Gasteiger partial charge in [0.25, 0.3) is 0 Å². The monoisotopic (exact) mass is 373 g/mol. The highest BCUT2D eigenvalue weighted by Gasteiger charge is 2.43. The molecule has 2 aliphatic heterocycles. The van der Waals surface area contributed by atoms with Gasteiger partial charge in [-0.1, -0.05) is 23.7 Å². The molecule has 0 radical (unpaired) electrons. The molecule has 0 saturated heterocycles. The number of nitrogens with one attached hydrogen (secondary N) is 1. The number of carbonyl (C=O) groups excluding carboxylic acids is 1. The zero-order chi connectivity index (χ0) is 18.2. The lowest BCUT2D eigenvalue weighted by Gasteiger charge is -2.23. The van der Waals surface area contributed by atoms with E-state index in [1.54, 1.807) is 12.3 Å². The number of ketones is 1. The summed E-state index contributed by atoms with van der Waals surface area (Å²) in [6, 6.07) is 3.48. The van der Waals surface area contributed by atoms with Gasteiger partial charge in [0.2, 0.25) is 5.78 Å². The number of benzene rings is 1. The van der Waals surface area contributed by atoms with Crippen LogP contribution in [-0.2, 0) is 20.4 Å². The minimum Gasteiger partial charge on any atom is -0.501 e. The third-order valence-corrected chi connectivity index (χ3v) is 4.55. The van der Waals surface area contributed by atoms with Crippen LogP contribution in [0.1, 0.15) is 17.5 Å². The second-order valence-electron chi connectivity index (χ2n) is 5.72. The molecule has 25 heavy (non-hydrogen) atoms. The lowest BCUT2D eigenvalue weighted by atomic mass is 9.90. The Morgan fingerprint density at radius 2 is 2.08 bits per heavy atom. The zero-order valence-corrected chi connectivity index (χ0v) is 13.9. The highest BCUT2D eigenvalue weighted by Crippen LogP contribution is 2.41. The average Bonchev–Trinajstić information content (AvgIpc) is 2.91. The summed E-state index contributed by atoms with van der Waals surface area (Å²) in [5, 5.41) is 2.22. The van der Waals surface area contributed by atoms with Gasteiger partial charge in [-0.05, 0) is 18.6 Å². The molecule has 2 heterocycles.